The van der Waals surface area contributed by atoms with E-state index in [1.807, 2.05) is 50.2 Å². The van der Waals surface area contributed by atoms with Crippen molar-refractivity contribution in [3.63, 3.8) is 0 Å². The van der Waals surface area contributed by atoms with E-state index in [1.165, 1.54) is 0 Å². The molecule has 0 amide bonds. The van der Waals surface area contributed by atoms with Gasteiger partial charge in [-0.2, -0.15) is 0 Å². The van der Waals surface area contributed by atoms with E-state index in [1.54, 1.807) is 11.3 Å². The van der Waals surface area contributed by atoms with Crippen molar-refractivity contribution in [3.05, 3.63) is 68.5 Å². The highest BCUT2D eigenvalue weighted by atomic mass is 79.9. The maximum absolute atomic E-state index is 12.7. The highest BCUT2D eigenvalue weighted by Gasteiger charge is 2.15. The van der Waals surface area contributed by atoms with Crippen LogP contribution in [0.25, 0.3) is 10.1 Å². The zero-order chi connectivity index (χ0) is 14.3. The maximum Gasteiger partial charge on any atom is 0.203 e. The number of carbonyl (C=O) groups is 1. The Morgan fingerprint density at radius 1 is 1.05 bits per heavy atom. The first kappa shape index (κ1) is 13.5. The predicted molar refractivity (Wildman–Crippen MR) is 88.9 cm³/mol. The van der Waals surface area contributed by atoms with Crippen molar-refractivity contribution in [2.24, 2.45) is 0 Å². The summed E-state index contributed by atoms with van der Waals surface area (Å²) in [6, 6.07) is 14.1. The number of halogens is 1. The van der Waals surface area contributed by atoms with E-state index < -0.39 is 0 Å². The van der Waals surface area contributed by atoms with E-state index >= 15 is 0 Å². The molecule has 2 aromatic carbocycles. The van der Waals surface area contributed by atoms with Crippen molar-refractivity contribution in [2.75, 3.05) is 0 Å². The van der Waals surface area contributed by atoms with Gasteiger partial charge in [-0.1, -0.05) is 34.1 Å². The number of hydrogen-bond donors (Lipinski definition) is 0. The molecule has 0 aliphatic rings. The van der Waals surface area contributed by atoms with Crippen LogP contribution in [-0.2, 0) is 0 Å². The number of rotatable bonds is 2. The SMILES string of the molecule is Cc1cc(C(=O)c2cc3ccccc3s2)c(C)cc1Br. The van der Waals surface area contributed by atoms with Crippen molar-refractivity contribution in [1.29, 1.82) is 0 Å². The van der Waals surface area contributed by atoms with Crippen LogP contribution in [0, 0.1) is 13.8 Å². The van der Waals surface area contributed by atoms with Crippen LogP contribution in [0.2, 0.25) is 0 Å². The van der Waals surface area contributed by atoms with Gasteiger partial charge in [0.05, 0.1) is 4.88 Å². The van der Waals surface area contributed by atoms with E-state index in [-0.39, 0.29) is 5.78 Å². The molecule has 0 atom stereocenters. The minimum absolute atomic E-state index is 0.110. The molecule has 3 aromatic rings. The molecule has 3 heteroatoms. The molecule has 0 aliphatic carbocycles. The summed E-state index contributed by atoms with van der Waals surface area (Å²) in [4.78, 5) is 13.5. The van der Waals surface area contributed by atoms with Crippen LogP contribution in [-0.4, -0.2) is 5.78 Å². The smallest absolute Gasteiger partial charge is 0.203 e. The summed E-state index contributed by atoms with van der Waals surface area (Å²) < 4.78 is 2.20. The number of fused-ring (bicyclic) bond motifs is 1. The molecular formula is C17H13BrOS. The second kappa shape index (κ2) is 5.15. The Morgan fingerprint density at radius 3 is 2.55 bits per heavy atom. The average molecular weight is 345 g/mol. The molecule has 100 valence electrons. The first-order valence-corrected chi connectivity index (χ1v) is 7.97. The van der Waals surface area contributed by atoms with Crippen LogP contribution in [0.5, 0.6) is 0 Å². The van der Waals surface area contributed by atoms with Crippen molar-refractivity contribution in [2.45, 2.75) is 13.8 Å². The van der Waals surface area contributed by atoms with Gasteiger partial charge in [0.2, 0.25) is 5.78 Å². The van der Waals surface area contributed by atoms with Gasteiger partial charge in [-0.05, 0) is 54.6 Å². The normalized spacial score (nSPS) is 10.9. The Kier molecular flexibility index (Phi) is 3.48. The van der Waals surface area contributed by atoms with Gasteiger partial charge in [-0.15, -0.1) is 11.3 Å². The maximum atomic E-state index is 12.7. The van der Waals surface area contributed by atoms with Gasteiger partial charge in [0, 0.05) is 14.7 Å². The van der Waals surface area contributed by atoms with E-state index in [9.17, 15) is 4.79 Å². The van der Waals surface area contributed by atoms with E-state index in [0.717, 1.165) is 36.1 Å². The van der Waals surface area contributed by atoms with Crippen LogP contribution in [0.3, 0.4) is 0 Å². The third kappa shape index (κ3) is 2.32. The van der Waals surface area contributed by atoms with Gasteiger partial charge < -0.3 is 0 Å². The molecule has 0 N–H and O–H groups in total. The Hall–Kier alpha value is -1.45. The standard InChI is InChI=1S/C17H13BrOS/c1-10-8-14(18)11(2)7-13(10)17(19)16-9-12-5-3-4-6-15(12)20-16/h3-9H,1-2H3. The molecule has 0 saturated heterocycles. The largest absolute Gasteiger partial charge is 0.288 e. The molecule has 0 aliphatic heterocycles. The second-order valence-corrected chi connectivity index (χ2v) is 6.83. The minimum atomic E-state index is 0.110. The lowest BCUT2D eigenvalue weighted by Gasteiger charge is -2.06. The molecule has 0 radical (unpaired) electrons. The Labute approximate surface area is 130 Å². The number of thiophene rings is 1. The Balaban J connectivity index is 2.10. The molecule has 1 aromatic heterocycles. The Bertz CT molecular complexity index is 784. The van der Waals surface area contributed by atoms with Gasteiger partial charge in [0.25, 0.3) is 0 Å². The first-order chi connectivity index (χ1) is 9.56. The van der Waals surface area contributed by atoms with Gasteiger partial charge in [0.15, 0.2) is 0 Å². The molecule has 1 nitrogen and oxygen atoms in total. The molecule has 0 bridgehead atoms. The van der Waals surface area contributed by atoms with Crippen LogP contribution >= 0.6 is 27.3 Å². The van der Waals surface area contributed by atoms with Gasteiger partial charge in [-0.25, -0.2) is 0 Å². The Morgan fingerprint density at radius 2 is 1.80 bits per heavy atom. The quantitative estimate of drug-likeness (QED) is 0.560. The highest BCUT2D eigenvalue weighted by Crippen LogP contribution is 2.29. The van der Waals surface area contributed by atoms with Crippen LogP contribution < -0.4 is 0 Å². The summed E-state index contributed by atoms with van der Waals surface area (Å²) in [5.74, 6) is 0.110. The minimum Gasteiger partial charge on any atom is -0.288 e. The fraction of sp³-hybridized carbons (Fsp3) is 0.118. The predicted octanol–water partition coefficient (Wildman–Crippen LogP) is 5.51. The molecule has 3 rings (SSSR count). The lowest BCUT2D eigenvalue weighted by Crippen LogP contribution is -2.02. The zero-order valence-electron chi connectivity index (χ0n) is 11.2. The van der Waals surface area contributed by atoms with Crippen LogP contribution in [0.4, 0.5) is 0 Å². The van der Waals surface area contributed by atoms with Crippen molar-refractivity contribution in [1.82, 2.24) is 0 Å². The third-order valence-corrected chi connectivity index (χ3v) is 5.37. The molecule has 20 heavy (non-hydrogen) atoms. The van der Waals surface area contributed by atoms with E-state index in [2.05, 4.69) is 22.0 Å². The van der Waals surface area contributed by atoms with Crippen molar-refractivity contribution >= 4 is 43.1 Å². The lowest BCUT2D eigenvalue weighted by atomic mass is 10.0. The molecule has 1 heterocycles. The van der Waals surface area contributed by atoms with Gasteiger partial charge in [0.1, 0.15) is 0 Å². The molecule has 0 unspecified atom stereocenters. The fourth-order valence-electron chi connectivity index (χ4n) is 2.25. The number of aryl methyl sites for hydroxylation is 2. The molecule has 0 saturated carbocycles. The van der Waals surface area contributed by atoms with Crippen LogP contribution in [0.1, 0.15) is 26.4 Å². The summed E-state index contributed by atoms with van der Waals surface area (Å²) in [5, 5.41) is 1.13. The van der Waals surface area contributed by atoms with Crippen molar-refractivity contribution in [3.8, 4) is 0 Å². The fourth-order valence-corrected chi connectivity index (χ4v) is 3.73. The van der Waals surface area contributed by atoms with Crippen molar-refractivity contribution < 1.29 is 4.79 Å². The molecular weight excluding hydrogens is 332 g/mol. The summed E-state index contributed by atoms with van der Waals surface area (Å²) in [5.41, 5.74) is 2.88. The number of ketones is 1. The average Bonchev–Trinajstić information content (AvgIpc) is 2.86. The third-order valence-electron chi connectivity index (χ3n) is 3.40. The van der Waals surface area contributed by atoms with E-state index in [4.69, 9.17) is 0 Å². The van der Waals surface area contributed by atoms with Gasteiger partial charge in [-0.3, -0.25) is 4.79 Å². The highest BCUT2D eigenvalue weighted by molar-refractivity contribution is 9.10. The molecule has 0 spiro atoms. The second-order valence-electron chi connectivity index (χ2n) is 4.89. The van der Waals surface area contributed by atoms with E-state index in [0.29, 0.717) is 0 Å². The topological polar surface area (TPSA) is 17.1 Å². The van der Waals surface area contributed by atoms with Gasteiger partial charge >= 0.3 is 0 Å². The monoisotopic (exact) mass is 344 g/mol. The molecule has 0 fully saturated rings. The number of hydrogen-bond acceptors (Lipinski definition) is 2. The first-order valence-electron chi connectivity index (χ1n) is 6.36. The summed E-state index contributed by atoms with van der Waals surface area (Å²) in [6.07, 6.45) is 0. The zero-order valence-corrected chi connectivity index (χ0v) is 13.6. The summed E-state index contributed by atoms with van der Waals surface area (Å²) in [6.45, 7) is 3.98. The lowest BCUT2D eigenvalue weighted by molar-refractivity contribution is 0.104. The van der Waals surface area contributed by atoms with Crippen LogP contribution in [0.15, 0.2) is 46.9 Å². The summed E-state index contributed by atoms with van der Waals surface area (Å²) in [7, 11) is 0. The number of benzene rings is 2. The summed E-state index contributed by atoms with van der Waals surface area (Å²) >= 11 is 5.06. The number of carbonyl (C=O) groups excluding carboxylic acids is 1.